The number of hydrogen-bond donors (Lipinski definition) is 0. The third kappa shape index (κ3) is 1.98. The molecule has 0 aliphatic heterocycles. The van der Waals surface area contributed by atoms with E-state index in [0.717, 1.165) is 0 Å². The van der Waals surface area contributed by atoms with E-state index in [2.05, 4.69) is 20.9 Å². The molecule has 0 radical (unpaired) electrons. The van der Waals surface area contributed by atoms with Gasteiger partial charge in [-0.05, 0) is 28.1 Å². The lowest BCUT2D eigenvalue weighted by molar-refractivity contribution is 0.101. The smallest absolute Gasteiger partial charge is 0.178 e. The van der Waals surface area contributed by atoms with E-state index in [1.54, 1.807) is 6.07 Å². The van der Waals surface area contributed by atoms with Crippen molar-refractivity contribution in [1.29, 1.82) is 0 Å². The average Bonchev–Trinajstić information content (AvgIpc) is 2.03. The molecule has 12 heavy (non-hydrogen) atoms. The first-order valence-electron chi connectivity index (χ1n) is 3.27. The van der Waals surface area contributed by atoms with Gasteiger partial charge in [-0.1, -0.05) is 0 Å². The number of halogens is 1. The number of aromatic nitrogens is 1. The highest BCUT2D eigenvalue weighted by atomic mass is 79.9. The quantitative estimate of drug-likeness (QED) is 0.441. The summed E-state index contributed by atoms with van der Waals surface area (Å²) in [6, 6.07) is 3.01. The van der Waals surface area contributed by atoms with Crippen molar-refractivity contribution in [2.45, 2.75) is 6.92 Å². The van der Waals surface area contributed by atoms with Crippen molar-refractivity contribution in [1.82, 2.24) is 4.98 Å². The minimum Gasteiger partial charge on any atom is -0.298 e. The van der Waals surface area contributed by atoms with E-state index in [4.69, 9.17) is 0 Å². The van der Waals surface area contributed by atoms with Crippen LogP contribution in [-0.2, 0) is 0 Å². The Labute approximate surface area is 77.9 Å². The number of pyridine rings is 1. The number of aldehydes is 1. The van der Waals surface area contributed by atoms with Crippen LogP contribution in [0.3, 0.4) is 0 Å². The average molecular weight is 228 g/mol. The zero-order valence-electron chi connectivity index (χ0n) is 6.37. The first-order valence-corrected chi connectivity index (χ1v) is 4.06. The van der Waals surface area contributed by atoms with Crippen molar-refractivity contribution in [3.8, 4) is 0 Å². The molecule has 0 saturated heterocycles. The Kier molecular flexibility index (Phi) is 2.70. The van der Waals surface area contributed by atoms with Gasteiger partial charge in [0.1, 0.15) is 16.6 Å². The maximum atomic E-state index is 10.9. The van der Waals surface area contributed by atoms with Crippen LogP contribution in [0.2, 0.25) is 0 Å². The van der Waals surface area contributed by atoms with E-state index in [1.165, 1.54) is 13.0 Å². The predicted octanol–water partition coefficient (Wildman–Crippen LogP) is 1.86. The molecule has 4 heteroatoms. The molecule has 0 saturated carbocycles. The summed E-state index contributed by atoms with van der Waals surface area (Å²) in [4.78, 5) is 25.1. The molecule has 1 heterocycles. The van der Waals surface area contributed by atoms with Crippen LogP contribution in [0.1, 0.15) is 27.8 Å². The Hall–Kier alpha value is -1.03. The molecule has 0 bridgehead atoms. The Balaban J connectivity index is 3.23. The third-order valence-corrected chi connectivity index (χ3v) is 1.72. The van der Waals surface area contributed by atoms with Crippen LogP contribution in [-0.4, -0.2) is 17.1 Å². The molecule has 0 amide bonds. The van der Waals surface area contributed by atoms with Gasteiger partial charge in [0.25, 0.3) is 0 Å². The van der Waals surface area contributed by atoms with Gasteiger partial charge in [-0.25, -0.2) is 4.98 Å². The van der Waals surface area contributed by atoms with Gasteiger partial charge in [0.15, 0.2) is 5.78 Å². The molecule has 0 aliphatic rings. The van der Waals surface area contributed by atoms with Crippen molar-refractivity contribution in [2.24, 2.45) is 0 Å². The van der Waals surface area contributed by atoms with Gasteiger partial charge in [-0.3, -0.25) is 9.59 Å². The minimum atomic E-state index is -0.153. The zero-order chi connectivity index (χ0) is 9.14. The number of Topliss-reactive ketones (excluding diaryl/α,β-unsaturated/α-hetero) is 1. The summed E-state index contributed by atoms with van der Waals surface area (Å²) >= 11 is 3.10. The van der Waals surface area contributed by atoms with Gasteiger partial charge in [-0.15, -0.1) is 0 Å². The topological polar surface area (TPSA) is 47.0 Å². The predicted molar refractivity (Wildman–Crippen MR) is 47.3 cm³/mol. The maximum Gasteiger partial charge on any atom is 0.178 e. The van der Waals surface area contributed by atoms with E-state index < -0.39 is 0 Å². The molecular weight excluding hydrogens is 222 g/mol. The minimum absolute atomic E-state index is 0.153. The van der Waals surface area contributed by atoms with E-state index in [1.807, 2.05) is 0 Å². The molecule has 1 aromatic heterocycles. The SMILES string of the molecule is CC(=O)c1cc(C=O)cc(Br)n1. The second-order valence-corrected chi connectivity index (χ2v) is 3.09. The summed E-state index contributed by atoms with van der Waals surface area (Å²) in [6.07, 6.45) is 0.679. The summed E-state index contributed by atoms with van der Waals surface area (Å²) in [5, 5.41) is 0. The summed E-state index contributed by atoms with van der Waals surface area (Å²) in [6.45, 7) is 1.41. The number of carbonyl (C=O) groups excluding carboxylic acids is 2. The lowest BCUT2D eigenvalue weighted by Crippen LogP contribution is -1.98. The highest BCUT2D eigenvalue weighted by Gasteiger charge is 2.03. The van der Waals surface area contributed by atoms with Gasteiger partial charge in [0.2, 0.25) is 0 Å². The first kappa shape index (κ1) is 9.06. The van der Waals surface area contributed by atoms with Crippen molar-refractivity contribution < 1.29 is 9.59 Å². The molecule has 1 aromatic rings. The zero-order valence-corrected chi connectivity index (χ0v) is 7.96. The molecule has 0 fully saturated rings. The van der Waals surface area contributed by atoms with Gasteiger partial charge >= 0.3 is 0 Å². The monoisotopic (exact) mass is 227 g/mol. The number of ketones is 1. The van der Waals surface area contributed by atoms with Gasteiger partial charge < -0.3 is 0 Å². The second-order valence-electron chi connectivity index (χ2n) is 2.28. The fourth-order valence-corrected chi connectivity index (χ4v) is 1.22. The van der Waals surface area contributed by atoms with E-state index >= 15 is 0 Å². The van der Waals surface area contributed by atoms with Crippen LogP contribution in [0.15, 0.2) is 16.7 Å². The summed E-state index contributed by atoms with van der Waals surface area (Å²) in [5.74, 6) is -0.153. The molecule has 62 valence electrons. The molecule has 0 unspecified atom stereocenters. The van der Waals surface area contributed by atoms with Crippen LogP contribution >= 0.6 is 15.9 Å². The van der Waals surface area contributed by atoms with E-state index in [9.17, 15) is 9.59 Å². The molecule has 0 N–H and O–H groups in total. The molecule has 0 aliphatic carbocycles. The van der Waals surface area contributed by atoms with E-state index in [0.29, 0.717) is 22.1 Å². The highest BCUT2D eigenvalue weighted by Crippen LogP contribution is 2.10. The van der Waals surface area contributed by atoms with E-state index in [-0.39, 0.29) is 5.78 Å². The summed E-state index contributed by atoms with van der Waals surface area (Å²) in [5.41, 5.74) is 0.744. The van der Waals surface area contributed by atoms with Crippen LogP contribution in [0.4, 0.5) is 0 Å². The van der Waals surface area contributed by atoms with Crippen LogP contribution in [0.5, 0.6) is 0 Å². The normalized spacial score (nSPS) is 9.50. The molecule has 0 aromatic carbocycles. The summed E-state index contributed by atoms with van der Waals surface area (Å²) in [7, 11) is 0. The maximum absolute atomic E-state index is 10.9. The Morgan fingerprint density at radius 3 is 2.75 bits per heavy atom. The van der Waals surface area contributed by atoms with Crippen molar-refractivity contribution >= 4 is 28.0 Å². The Bertz CT molecular complexity index is 336. The molecular formula is C8H6BrNO2. The number of carbonyl (C=O) groups is 2. The van der Waals surface area contributed by atoms with Crippen LogP contribution in [0.25, 0.3) is 0 Å². The highest BCUT2D eigenvalue weighted by molar-refractivity contribution is 9.10. The van der Waals surface area contributed by atoms with Gasteiger partial charge in [0.05, 0.1) is 0 Å². The summed E-state index contributed by atoms with van der Waals surface area (Å²) < 4.78 is 0.498. The fourth-order valence-electron chi connectivity index (χ4n) is 0.765. The molecule has 0 spiro atoms. The lowest BCUT2D eigenvalue weighted by atomic mass is 10.2. The van der Waals surface area contributed by atoms with Crippen molar-refractivity contribution in [3.05, 3.63) is 28.0 Å². The first-order chi connectivity index (χ1) is 5.63. The molecule has 3 nitrogen and oxygen atoms in total. The Morgan fingerprint density at radius 1 is 1.58 bits per heavy atom. The lowest BCUT2D eigenvalue weighted by Gasteiger charge is -1.96. The fraction of sp³-hybridized carbons (Fsp3) is 0.125. The largest absolute Gasteiger partial charge is 0.298 e. The van der Waals surface area contributed by atoms with Crippen molar-refractivity contribution in [3.63, 3.8) is 0 Å². The van der Waals surface area contributed by atoms with Crippen LogP contribution in [0, 0.1) is 0 Å². The second kappa shape index (κ2) is 3.58. The van der Waals surface area contributed by atoms with Crippen LogP contribution < -0.4 is 0 Å². The number of rotatable bonds is 2. The number of hydrogen-bond acceptors (Lipinski definition) is 3. The standard InChI is InChI=1S/C8H6BrNO2/c1-5(12)7-2-6(4-11)3-8(9)10-7/h2-4H,1H3. The Morgan fingerprint density at radius 2 is 2.25 bits per heavy atom. The molecule has 0 atom stereocenters. The molecule has 1 rings (SSSR count). The third-order valence-electron chi connectivity index (χ3n) is 1.31. The van der Waals surface area contributed by atoms with Gasteiger partial charge in [-0.2, -0.15) is 0 Å². The number of nitrogens with zero attached hydrogens (tertiary/aromatic N) is 1. The van der Waals surface area contributed by atoms with Gasteiger partial charge in [0, 0.05) is 12.5 Å². The van der Waals surface area contributed by atoms with Crippen molar-refractivity contribution in [2.75, 3.05) is 0 Å².